The van der Waals surface area contributed by atoms with Crippen molar-refractivity contribution in [1.29, 1.82) is 0 Å². The molecule has 6 nitrogen and oxygen atoms in total. The first-order valence-electron chi connectivity index (χ1n) is 9.76. The number of likely N-dealkylation sites (tertiary alicyclic amines) is 2. The first-order valence-corrected chi connectivity index (χ1v) is 9.76. The molecule has 1 spiro atoms. The highest BCUT2D eigenvalue weighted by Gasteiger charge is 2.51. The summed E-state index contributed by atoms with van der Waals surface area (Å²) in [7, 11) is 0. The van der Waals surface area contributed by atoms with Gasteiger partial charge in [-0.15, -0.1) is 0 Å². The van der Waals surface area contributed by atoms with Crippen LogP contribution in [0.5, 0.6) is 0 Å². The lowest BCUT2D eigenvalue weighted by molar-refractivity contribution is -0.144. The SMILES string of the molecule is NC1(C(=O)N2CCC[C@@]3(CCC(=O)N(CCc4ccccn4)C3)C2)CC1. The number of aromatic nitrogens is 1. The topological polar surface area (TPSA) is 79.5 Å². The highest BCUT2D eigenvalue weighted by atomic mass is 16.2. The van der Waals surface area contributed by atoms with Crippen LogP contribution in [0.4, 0.5) is 0 Å². The zero-order chi connectivity index (χ0) is 18.2. The third-order valence-electron chi connectivity index (χ3n) is 6.28. The maximum absolute atomic E-state index is 12.7. The number of hydrogen-bond acceptors (Lipinski definition) is 4. The number of pyridine rings is 1. The van der Waals surface area contributed by atoms with Gasteiger partial charge in [0.2, 0.25) is 11.8 Å². The highest BCUT2D eigenvalue weighted by molar-refractivity contribution is 5.89. The molecule has 0 bridgehead atoms. The monoisotopic (exact) mass is 356 g/mol. The molecule has 26 heavy (non-hydrogen) atoms. The highest BCUT2D eigenvalue weighted by Crippen LogP contribution is 2.41. The summed E-state index contributed by atoms with van der Waals surface area (Å²) < 4.78 is 0. The summed E-state index contributed by atoms with van der Waals surface area (Å²) in [6.07, 6.45) is 7.74. The average molecular weight is 356 g/mol. The van der Waals surface area contributed by atoms with E-state index >= 15 is 0 Å². The molecule has 0 radical (unpaired) electrons. The zero-order valence-electron chi connectivity index (χ0n) is 15.3. The third-order valence-corrected chi connectivity index (χ3v) is 6.28. The number of hydrogen-bond donors (Lipinski definition) is 1. The summed E-state index contributed by atoms with van der Waals surface area (Å²) in [6, 6.07) is 5.89. The van der Waals surface area contributed by atoms with Gasteiger partial charge in [0.1, 0.15) is 0 Å². The minimum Gasteiger partial charge on any atom is -0.342 e. The van der Waals surface area contributed by atoms with Gasteiger partial charge >= 0.3 is 0 Å². The largest absolute Gasteiger partial charge is 0.342 e. The first-order chi connectivity index (χ1) is 12.5. The molecule has 0 aromatic carbocycles. The van der Waals surface area contributed by atoms with E-state index in [2.05, 4.69) is 4.98 Å². The van der Waals surface area contributed by atoms with Gasteiger partial charge in [0.15, 0.2) is 0 Å². The molecule has 2 aliphatic heterocycles. The Bertz CT molecular complexity index is 688. The van der Waals surface area contributed by atoms with Crippen LogP contribution >= 0.6 is 0 Å². The fourth-order valence-electron chi connectivity index (χ4n) is 4.48. The van der Waals surface area contributed by atoms with Gasteiger partial charge in [-0.05, 0) is 44.2 Å². The van der Waals surface area contributed by atoms with Crippen LogP contribution in [0, 0.1) is 5.41 Å². The van der Waals surface area contributed by atoms with Crippen molar-refractivity contribution in [2.75, 3.05) is 26.2 Å². The van der Waals surface area contributed by atoms with Gasteiger partial charge in [0.05, 0.1) is 5.54 Å². The summed E-state index contributed by atoms with van der Waals surface area (Å²) in [4.78, 5) is 33.4. The number of nitrogens with zero attached hydrogens (tertiary/aromatic N) is 3. The van der Waals surface area contributed by atoms with Gasteiger partial charge in [-0.2, -0.15) is 0 Å². The molecule has 1 atom stereocenters. The van der Waals surface area contributed by atoms with Gasteiger partial charge in [-0.1, -0.05) is 6.07 Å². The molecule has 140 valence electrons. The zero-order valence-corrected chi connectivity index (χ0v) is 15.3. The Morgan fingerprint density at radius 1 is 1.19 bits per heavy atom. The van der Waals surface area contributed by atoms with Crippen LogP contribution in [0.25, 0.3) is 0 Å². The standard InChI is InChI=1S/C20H28N4O2/c21-20(9-10-20)18(26)24-12-3-7-19(15-24)8-5-17(25)23(14-19)13-6-16-4-1-2-11-22-16/h1-2,4,11H,3,5-10,12-15,21H2/t19-/m0/s1. The Labute approximate surface area is 154 Å². The molecule has 3 aliphatic rings. The molecule has 1 aromatic heterocycles. The summed E-state index contributed by atoms with van der Waals surface area (Å²) in [5, 5.41) is 0. The van der Waals surface area contributed by atoms with Crippen molar-refractivity contribution >= 4 is 11.8 Å². The molecule has 3 heterocycles. The number of carbonyl (C=O) groups is 2. The molecule has 1 saturated carbocycles. The van der Waals surface area contributed by atoms with Crippen LogP contribution in [0.15, 0.2) is 24.4 Å². The van der Waals surface area contributed by atoms with Gasteiger partial charge in [0.25, 0.3) is 0 Å². The second kappa shape index (κ2) is 6.65. The number of rotatable bonds is 4. The smallest absolute Gasteiger partial charge is 0.242 e. The molecule has 2 amide bonds. The molecule has 2 saturated heterocycles. The number of nitrogens with two attached hydrogens (primary N) is 1. The van der Waals surface area contributed by atoms with Crippen LogP contribution in [0.3, 0.4) is 0 Å². The molecule has 3 fully saturated rings. The third kappa shape index (κ3) is 3.47. The van der Waals surface area contributed by atoms with Crippen LogP contribution in [-0.4, -0.2) is 58.3 Å². The molecule has 1 aliphatic carbocycles. The van der Waals surface area contributed by atoms with Gasteiger partial charge in [-0.3, -0.25) is 14.6 Å². The molecular weight excluding hydrogens is 328 g/mol. The number of piperidine rings is 2. The van der Waals surface area contributed by atoms with Gasteiger partial charge in [-0.25, -0.2) is 0 Å². The van der Waals surface area contributed by atoms with E-state index in [-0.39, 0.29) is 17.2 Å². The Morgan fingerprint density at radius 2 is 2.04 bits per heavy atom. The van der Waals surface area contributed by atoms with Crippen molar-refractivity contribution in [3.63, 3.8) is 0 Å². The Morgan fingerprint density at radius 3 is 2.77 bits per heavy atom. The lowest BCUT2D eigenvalue weighted by Gasteiger charge is -2.48. The number of amides is 2. The Kier molecular flexibility index (Phi) is 4.47. The van der Waals surface area contributed by atoms with E-state index < -0.39 is 5.54 Å². The minimum atomic E-state index is -0.596. The Balaban J connectivity index is 1.41. The van der Waals surface area contributed by atoms with E-state index in [0.29, 0.717) is 13.0 Å². The van der Waals surface area contributed by atoms with Crippen LogP contribution in [0.1, 0.15) is 44.2 Å². The predicted molar refractivity (Wildman–Crippen MR) is 98.2 cm³/mol. The lowest BCUT2D eigenvalue weighted by Crippen LogP contribution is -2.57. The minimum absolute atomic E-state index is 0.0389. The lowest BCUT2D eigenvalue weighted by atomic mass is 9.73. The molecule has 0 unspecified atom stereocenters. The number of carbonyl (C=O) groups excluding carboxylic acids is 2. The molecule has 4 rings (SSSR count). The fraction of sp³-hybridized carbons (Fsp3) is 0.650. The maximum atomic E-state index is 12.7. The summed E-state index contributed by atoms with van der Waals surface area (Å²) in [6.45, 7) is 3.01. The van der Waals surface area contributed by atoms with Crippen molar-refractivity contribution in [2.45, 2.75) is 50.5 Å². The molecule has 1 aromatic rings. The van der Waals surface area contributed by atoms with Crippen molar-refractivity contribution in [2.24, 2.45) is 11.1 Å². The first kappa shape index (κ1) is 17.5. The second-order valence-corrected chi connectivity index (χ2v) is 8.37. The average Bonchev–Trinajstić information content (AvgIpc) is 3.42. The van der Waals surface area contributed by atoms with E-state index in [1.54, 1.807) is 6.20 Å². The van der Waals surface area contributed by atoms with Crippen molar-refractivity contribution in [3.05, 3.63) is 30.1 Å². The summed E-state index contributed by atoms with van der Waals surface area (Å²) >= 11 is 0. The van der Waals surface area contributed by atoms with E-state index in [0.717, 1.165) is 63.9 Å². The molecular formula is C20H28N4O2. The van der Waals surface area contributed by atoms with Crippen molar-refractivity contribution in [1.82, 2.24) is 14.8 Å². The van der Waals surface area contributed by atoms with E-state index in [1.807, 2.05) is 28.0 Å². The predicted octanol–water partition coefficient (Wildman–Crippen LogP) is 1.35. The van der Waals surface area contributed by atoms with E-state index in [4.69, 9.17) is 5.73 Å². The second-order valence-electron chi connectivity index (χ2n) is 8.37. The van der Waals surface area contributed by atoms with Crippen LogP contribution in [-0.2, 0) is 16.0 Å². The van der Waals surface area contributed by atoms with E-state index in [1.165, 1.54) is 0 Å². The van der Waals surface area contributed by atoms with Crippen LogP contribution < -0.4 is 5.73 Å². The van der Waals surface area contributed by atoms with Crippen LogP contribution in [0.2, 0.25) is 0 Å². The van der Waals surface area contributed by atoms with Gasteiger partial charge in [0, 0.05) is 56.3 Å². The molecule has 6 heteroatoms. The molecule has 2 N–H and O–H groups in total. The van der Waals surface area contributed by atoms with Crippen molar-refractivity contribution < 1.29 is 9.59 Å². The fourth-order valence-corrected chi connectivity index (χ4v) is 4.48. The summed E-state index contributed by atoms with van der Waals surface area (Å²) in [5.41, 5.74) is 6.59. The maximum Gasteiger partial charge on any atom is 0.242 e. The normalized spacial score (nSPS) is 27.7. The quantitative estimate of drug-likeness (QED) is 0.883. The Hall–Kier alpha value is -1.95. The van der Waals surface area contributed by atoms with Gasteiger partial charge < -0.3 is 15.5 Å². The summed E-state index contributed by atoms with van der Waals surface area (Å²) in [5.74, 6) is 0.348. The van der Waals surface area contributed by atoms with Crippen molar-refractivity contribution in [3.8, 4) is 0 Å². The van der Waals surface area contributed by atoms with E-state index in [9.17, 15) is 9.59 Å².